The van der Waals surface area contributed by atoms with Gasteiger partial charge in [-0.2, -0.15) is 16.8 Å². The largest absolute Gasteiger partial charge is 0.296 e. The Morgan fingerprint density at radius 1 is 0.540 bits per heavy atom. The number of aromatic nitrogens is 6. The van der Waals surface area contributed by atoms with Crippen LogP contribution < -0.4 is 20.9 Å². The molecule has 252 valence electrons. The van der Waals surface area contributed by atoms with Gasteiger partial charge in [0.15, 0.2) is 11.6 Å². The molecule has 6 aromatic rings. The summed E-state index contributed by atoms with van der Waals surface area (Å²) >= 11 is 0. The molecule has 2 heterocycles. The van der Waals surface area contributed by atoms with Crippen molar-refractivity contribution >= 4 is 54.6 Å². The molecule has 0 fully saturated rings. The number of nitrogens with one attached hydrogen (secondary N) is 2. The van der Waals surface area contributed by atoms with E-state index in [1.165, 1.54) is 46.7 Å². The molecule has 0 spiro atoms. The average Bonchev–Trinajstić information content (AvgIpc) is 3.13. The van der Waals surface area contributed by atoms with E-state index in [0.717, 1.165) is 6.07 Å². The quantitative estimate of drug-likeness (QED) is 0.0784. The zero-order valence-corrected chi connectivity index (χ0v) is 27.3. The number of rotatable bonds is 12. The molecule has 0 radical (unpaired) electrons. The summed E-state index contributed by atoms with van der Waals surface area (Å²) in [6.45, 7) is 0. The highest BCUT2D eigenvalue weighted by Crippen LogP contribution is 2.40. The molecule has 4 aromatic carbocycles. The first kappa shape index (κ1) is 33.6. The molecule has 0 unspecified atom stereocenters. The maximum atomic E-state index is 13.3. The summed E-state index contributed by atoms with van der Waals surface area (Å²) in [5, 5.41) is 26.4. The molecule has 0 atom stereocenters. The van der Waals surface area contributed by atoms with Crippen molar-refractivity contribution < 1.29 is 25.9 Å². The SMILES string of the molecule is O=S(=O)(O)c1cccc(C(=C(c2ccccc2)N(Nc2ccccc2)c2ccnnn2)N(Nc2ccccc2)c2ccnnn2)c1S(=O)(=O)O. The molecule has 0 aliphatic heterocycles. The van der Waals surface area contributed by atoms with Crippen LogP contribution in [0.25, 0.3) is 11.4 Å². The Labute approximate surface area is 286 Å². The second-order valence-electron chi connectivity index (χ2n) is 10.2. The maximum Gasteiger partial charge on any atom is 0.296 e. The zero-order valence-electron chi connectivity index (χ0n) is 25.6. The van der Waals surface area contributed by atoms with Gasteiger partial charge in [0, 0.05) is 23.3 Å². The van der Waals surface area contributed by atoms with Crippen LogP contribution >= 0.6 is 0 Å². The molecule has 4 N–H and O–H groups in total. The van der Waals surface area contributed by atoms with Crippen LogP contribution in [-0.4, -0.2) is 56.8 Å². The van der Waals surface area contributed by atoms with Gasteiger partial charge in [0.2, 0.25) is 0 Å². The van der Waals surface area contributed by atoms with Crippen molar-refractivity contribution in [2.75, 3.05) is 20.9 Å². The lowest BCUT2D eigenvalue weighted by molar-refractivity contribution is 0.466. The van der Waals surface area contributed by atoms with Gasteiger partial charge in [-0.25, -0.2) is 10.0 Å². The van der Waals surface area contributed by atoms with Crippen LogP contribution in [0, 0.1) is 0 Å². The summed E-state index contributed by atoms with van der Waals surface area (Å²) in [5.74, 6) is 0.200. The van der Waals surface area contributed by atoms with Gasteiger partial charge in [-0.05, 0) is 40.8 Å². The number of hydrogen-bond acceptors (Lipinski definition) is 14. The van der Waals surface area contributed by atoms with E-state index < -0.39 is 30.0 Å². The summed E-state index contributed by atoms with van der Waals surface area (Å²) in [4.78, 5) is -2.19. The number of anilines is 4. The van der Waals surface area contributed by atoms with Gasteiger partial charge in [0.05, 0.1) is 35.2 Å². The highest BCUT2D eigenvalue weighted by molar-refractivity contribution is 7.89. The summed E-state index contributed by atoms with van der Waals surface area (Å²) in [6, 6.07) is 32.6. The van der Waals surface area contributed by atoms with Gasteiger partial charge < -0.3 is 0 Å². The molecule has 0 aliphatic carbocycles. The fraction of sp³-hybridized carbons (Fsp3) is 0. The smallest absolute Gasteiger partial charge is 0.292 e. The van der Waals surface area contributed by atoms with Gasteiger partial charge >= 0.3 is 0 Å². The van der Waals surface area contributed by atoms with E-state index in [0.29, 0.717) is 16.9 Å². The lowest BCUT2D eigenvalue weighted by Gasteiger charge is -2.35. The Balaban J connectivity index is 1.84. The first-order chi connectivity index (χ1) is 24.1. The standard InChI is InChI=1S/C32H26N10O6S2/c43-49(44,45)27-18-10-17-26(32(27)50(46,47)48)31(42(29-20-22-34-40-36-29)38-25-15-8-3-9-16-25)30(23-11-4-1-5-12-23)41(28-19-21-33-39-35-28)37-24-13-6-2-7-14-24/h1-22,37-38H,(H,43,44,45)(H,46,47,48). The van der Waals surface area contributed by atoms with Crippen LogP contribution in [0.4, 0.5) is 23.0 Å². The Hall–Kier alpha value is -6.34. The van der Waals surface area contributed by atoms with Crippen molar-refractivity contribution in [2.24, 2.45) is 0 Å². The Bertz CT molecular complexity index is 2330. The second kappa shape index (κ2) is 14.4. The van der Waals surface area contributed by atoms with Gasteiger partial charge in [-0.3, -0.25) is 20.0 Å². The van der Waals surface area contributed by atoms with Crippen molar-refractivity contribution in [3.63, 3.8) is 0 Å². The monoisotopic (exact) mass is 710 g/mol. The van der Waals surface area contributed by atoms with Crippen molar-refractivity contribution in [1.82, 2.24) is 30.8 Å². The highest BCUT2D eigenvalue weighted by atomic mass is 32.2. The number of hydrazine groups is 2. The first-order valence-corrected chi connectivity index (χ1v) is 17.4. The van der Waals surface area contributed by atoms with E-state index >= 15 is 0 Å². The normalized spacial score (nSPS) is 12.0. The van der Waals surface area contributed by atoms with Crippen LogP contribution in [0.5, 0.6) is 0 Å². The molecular weight excluding hydrogens is 685 g/mol. The zero-order chi connectivity index (χ0) is 35.1. The van der Waals surface area contributed by atoms with Crippen molar-refractivity contribution in [3.05, 3.63) is 145 Å². The first-order valence-electron chi connectivity index (χ1n) is 14.5. The molecule has 2 aromatic heterocycles. The predicted molar refractivity (Wildman–Crippen MR) is 184 cm³/mol. The van der Waals surface area contributed by atoms with Crippen molar-refractivity contribution in [3.8, 4) is 0 Å². The minimum absolute atomic E-state index is 0.0475. The number of nitrogens with zero attached hydrogens (tertiary/aromatic N) is 8. The number of hydrogen-bond donors (Lipinski definition) is 4. The molecule has 50 heavy (non-hydrogen) atoms. The van der Waals surface area contributed by atoms with Crippen LogP contribution in [-0.2, 0) is 20.2 Å². The third-order valence-corrected chi connectivity index (χ3v) is 8.94. The molecule has 0 amide bonds. The molecule has 0 bridgehead atoms. The third kappa shape index (κ3) is 7.53. The second-order valence-corrected chi connectivity index (χ2v) is 13.0. The van der Waals surface area contributed by atoms with Gasteiger partial charge in [-0.1, -0.05) is 78.9 Å². The lowest BCUT2D eigenvalue weighted by atomic mass is 10.0. The lowest BCUT2D eigenvalue weighted by Crippen LogP contribution is -2.37. The van der Waals surface area contributed by atoms with E-state index in [1.54, 1.807) is 84.9 Å². The molecule has 0 saturated carbocycles. The van der Waals surface area contributed by atoms with Crippen molar-refractivity contribution in [1.29, 1.82) is 0 Å². The molecule has 6 rings (SSSR count). The molecule has 0 aliphatic rings. The minimum Gasteiger partial charge on any atom is -0.292 e. The highest BCUT2D eigenvalue weighted by Gasteiger charge is 2.35. The fourth-order valence-corrected chi connectivity index (χ4v) is 6.93. The van der Waals surface area contributed by atoms with Crippen molar-refractivity contribution in [2.45, 2.75) is 9.79 Å². The minimum atomic E-state index is -5.40. The Kier molecular flexibility index (Phi) is 9.68. The fourth-order valence-electron chi connectivity index (χ4n) is 4.94. The van der Waals surface area contributed by atoms with E-state index in [1.807, 2.05) is 6.07 Å². The van der Waals surface area contributed by atoms with Gasteiger partial charge in [0.1, 0.15) is 9.79 Å². The predicted octanol–water partition coefficient (Wildman–Crippen LogP) is 4.44. The maximum absolute atomic E-state index is 13.3. The summed E-state index contributed by atoms with van der Waals surface area (Å²) in [5.41, 5.74) is 7.54. The average molecular weight is 711 g/mol. The number of para-hydroxylation sites is 2. The van der Waals surface area contributed by atoms with Gasteiger partial charge in [0.25, 0.3) is 20.2 Å². The number of benzene rings is 4. The molecule has 18 heteroatoms. The van der Waals surface area contributed by atoms with E-state index in [-0.39, 0.29) is 28.6 Å². The molecule has 0 saturated heterocycles. The summed E-state index contributed by atoms with van der Waals surface area (Å²) < 4.78 is 72.8. The summed E-state index contributed by atoms with van der Waals surface area (Å²) in [6.07, 6.45) is 2.73. The Morgan fingerprint density at radius 2 is 1.02 bits per heavy atom. The third-order valence-electron chi connectivity index (χ3n) is 6.95. The molecular formula is C32H26N10O6S2. The topological polar surface area (TPSA) is 217 Å². The van der Waals surface area contributed by atoms with E-state index in [2.05, 4.69) is 41.7 Å². The van der Waals surface area contributed by atoms with Gasteiger partial charge in [-0.15, -0.1) is 20.4 Å². The van der Waals surface area contributed by atoms with Crippen LogP contribution in [0.2, 0.25) is 0 Å². The molecule has 16 nitrogen and oxygen atoms in total. The van der Waals surface area contributed by atoms with Crippen LogP contribution in [0.3, 0.4) is 0 Å². The van der Waals surface area contributed by atoms with E-state index in [9.17, 15) is 25.9 Å². The Morgan fingerprint density at radius 3 is 1.46 bits per heavy atom. The summed E-state index contributed by atoms with van der Waals surface area (Å²) in [7, 11) is -10.6. The van der Waals surface area contributed by atoms with E-state index in [4.69, 9.17) is 0 Å². The van der Waals surface area contributed by atoms with Crippen LogP contribution in [0.15, 0.2) is 144 Å². The van der Waals surface area contributed by atoms with Crippen LogP contribution in [0.1, 0.15) is 11.1 Å².